The average molecular weight is 405 g/mol. The number of anilines is 1. The zero-order valence-electron chi connectivity index (χ0n) is 16.9. The van der Waals surface area contributed by atoms with Crippen LogP contribution in [0, 0.1) is 5.82 Å². The summed E-state index contributed by atoms with van der Waals surface area (Å²) in [6.07, 6.45) is 4.82. The number of rotatable bonds is 5. The van der Waals surface area contributed by atoms with Gasteiger partial charge in [-0.05, 0) is 59.9 Å². The third-order valence-electron chi connectivity index (χ3n) is 5.36. The van der Waals surface area contributed by atoms with E-state index in [1.54, 1.807) is 18.2 Å². The third kappa shape index (κ3) is 4.27. The van der Waals surface area contributed by atoms with Crippen LogP contribution in [-0.4, -0.2) is 32.3 Å². The number of nitrogens with zero attached hydrogens (tertiary/aromatic N) is 2. The van der Waals surface area contributed by atoms with Gasteiger partial charge >= 0.3 is 0 Å². The highest BCUT2D eigenvalue weighted by Gasteiger charge is 2.15. The summed E-state index contributed by atoms with van der Waals surface area (Å²) in [6, 6.07) is 16.3. The lowest BCUT2D eigenvalue weighted by molar-refractivity contribution is 0.0952. The van der Waals surface area contributed by atoms with Gasteiger partial charge in [0.25, 0.3) is 5.91 Å². The lowest BCUT2D eigenvalue weighted by atomic mass is 10.1. The molecule has 1 amide bonds. The van der Waals surface area contributed by atoms with Crippen molar-refractivity contribution >= 4 is 28.6 Å². The minimum Gasteiger partial charge on any atom is -0.496 e. The number of piperidine rings is 1. The molecular formula is C24H24FN3O2. The summed E-state index contributed by atoms with van der Waals surface area (Å²) in [5, 5.41) is 5.91. The van der Waals surface area contributed by atoms with E-state index in [0.717, 1.165) is 36.7 Å². The quantitative estimate of drug-likeness (QED) is 0.493. The van der Waals surface area contributed by atoms with Gasteiger partial charge < -0.3 is 9.64 Å². The van der Waals surface area contributed by atoms with Crippen LogP contribution in [0.25, 0.3) is 10.8 Å². The first-order valence-electron chi connectivity index (χ1n) is 10.1. The fourth-order valence-corrected chi connectivity index (χ4v) is 3.79. The second-order valence-electron chi connectivity index (χ2n) is 7.36. The molecule has 0 bridgehead atoms. The van der Waals surface area contributed by atoms with Crippen LogP contribution in [0.5, 0.6) is 5.75 Å². The van der Waals surface area contributed by atoms with Gasteiger partial charge in [0.1, 0.15) is 11.6 Å². The molecule has 1 fully saturated rings. The molecule has 0 radical (unpaired) electrons. The first-order chi connectivity index (χ1) is 14.7. The van der Waals surface area contributed by atoms with Crippen LogP contribution in [-0.2, 0) is 0 Å². The number of halogens is 1. The molecule has 6 heteroatoms. The molecular weight excluding hydrogens is 381 g/mol. The SMILES string of the molecule is COc1cc2ccccc2cc1C(=O)N/N=C\c1ccc(N2CCCCC2)c(F)c1. The lowest BCUT2D eigenvalue weighted by Gasteiger charge is -2.29. The Morgan fingerprint density at radius 1 is 1.07 bits per heavy atom. The van der Waals surface area contributed by atoms with E-state index in [2.05, 4.69) is 15.4 Å². The van der Waals surface area contributed by atoms with Crippen LogP contribution in [0.3, 0.4) is 0 Å². The fraction of sp³-hybridized carbons (Fsp3) is 0.250. The Kier molecular flexibility index (Phi) is 5.93. The van der Waals surface area contributed by atoms with E-state index in [-0.39, 0.29) is 11.7 Å². The number of benzene rings is 3. The van der Waals surface area contributed by atoms with Crippen LogP contribution < -0.4 is 15.1 Å². The average Bonchev–Trinajstić information content (AvgIpc) is 2.78. The first kappa shape index (κ1) is 19.9. The van der Waals surface area contributed by atoms with E-state index in [1.807, 2.05) is 30.3 Å². The Balaban J connectivity index is 1.47. The summed E-state index contributed by atoms with van der Waals surface area (Å²) >= 11 is 0. The highest BCUT2D eigenvalue weighted by Crippen LogP contribution is 2.26. The van der Waals surface area contributed by atoms with Crippen molar-refractivity contribution in [3.63, 3.8) is 0 Å². The number of methoxy groups -OCH3 is 1. The maximum Gasteiger partial charge on any atom is 0.275 e. The number of carbonyl (C=O) groups is 1. The fourth-order valence-electron chi connectivity index (χ4n) is 3.79. The zero-order valence-corrected chi connectivity index (χ0v) is 16.9. The van der Waals surface area contributed by atoms with Crippen molar-refractivity contribution in [3.05, 3.63) is 71.5 Å². The molecule has 0 aliphatic carbocycles. The third-order valence-corrected chi connectivity index (χ3v) is 5.36. The second kappa shape index (κ2) is 8.95. The number of fused-ring (bicyclic) bond motifs is 1. The first-order valence-corrected chi connectivity index (χ1v) is 10.1. The van der Waals surface area contributed by atoms with Crippen LogP contribution in [0.15, 0.2) is 59.7 Å². The van der Waals surface area contributed by atoms with Crippen molar-refractivity contribution in [1.82, 2.24) is 5.43 Å². The molecule has 5 nitrogen and oxygen atoms in total. The van der Waals surface area contributed by atoms with Gasteiger partial charge in [0.2, 0.25) is 0 Å². The van der Waals surface area contributed by atoms with Gasteiger partial charge in [0, 0.05) is 13.1 Å². The number of hydrogen-bond acceptors (Lipinski definition) is 4. The molecule has 1 saturated heterocycles. The maximum atomic E-state index is 14.5. The summed E-state index contributed by atoms with van der Waals surface area (Å²) in [5.41, 5.74) is 4.10. The molecule has 0 atom stereocenters. The Hall–Kier alpha value is -3.41. The summed E-state index contributed by atoms with van der Waals surface area (Å²) in [6.45, 7) is 1.77. The van der Waals surface area contributed by atoms with Crippen molar-refractivity contribution in [2.75, 3.05) is 25.1 Å². The van der Waals surface area contributed by atoms with Gasteiger partial charge in [-0.2, -0.15) is 5.10 Å². The maximum absolute atomic E-state index is 14.5. The van der Waals surface area contributed by atoms with Gasteiger partial charge in [0.15, 0.2) is 0 Å². The molecule has 0 spiro atoms. The molecule has 3 aromatic rings. The van der Waals surface area contributed by atoms with E-state index < -0.39 is 0 Å². The van der Waals surface area contributed by atoms with E-state index >= 15 is 0 Å². The van der Waals surface area contributed by atoms with Crippen molar-refractivity contribution < 1.29 is 13.9 Å². The van der Waals surface area contributed by atoms with Gasteiger partial charge in [0.05, 0.1) is 24.6 Å². The summed E-state index contributed by atoms with van der Waals surface area (Å²) in [5.74, 6) is -0.194. The van der Waals surface area contributed by atoms with Crippen LogP contribution in [0.1, 0.15) is 35.2 Å². The largest absolute Gasteiger partial charge is 0.496 e. The van der Waals surface area contributed by atoms with Gasteiger partial charge in [-0.15, -0.1) is 0 Å². The molecule has 1 N–H and O–H groups in total. The number of hydrogen-bond donors (Lipinski definition) is 1. The van der Waals surface area contributed by atoms with Gasteiger partial charge in [-0.25, -0.2) is 9.82 Å². The van der Waals surface area contributed by atoms with Crippen molar-refractivity contribution in [2.45, 2.75) is 19.3 Å². The Morgan fingerprint density at radius 3 is 2.50 bits per heavy atom. The Bertz CT molecular complexity index is 1090. The van der Waals surface area contributed by atoms with Crippen LogP contribution >= 0.6 is 0 Å². The normalized spacial score (nSPS) is 14.3. The Labute approximate surface area is 175 Å². The highest BCUT2D eigenvalue weighted by molar-refractivity contribution is 6.02. The Morgan fingerprint density at radius 2 is 1.80 bits per heavy atom. The number of carbonyl (C=O) groups excluding carboxylic acids is 1. The standard InChI is InChI=1S/C24H24FN3O2/c1-30-23-15-19-8-4-3-7-18(19)14-20(23)24(29)27-26-16-17-9-10-22(21(25)13-17)28-11-5-2-6-12-28/h3-4,7-10,13-16H,2,5-6,11-12H2,1H3,(H,27,29)/b26-16-. The molecule has 1 heterocycles. The van der Waals surface area contributed by atoms with Crippen molar-refractivity contribution in [2.24, 2.45) is 5.10 Å². The molecule has 1 aliphatic rings. The molecule has 1 aliphatic heterocycles. The van der Waals surface area contributed by atoms with Crippen LogP contribution in [0.4, 0.5) is 10.1 Å². The molecule has 0 unspecified atom stereocenters. The van der Waals surface area contributed by atoms with E-state index in [0.29, 0.717) is 22.6 Å². The second-order valence-corrected chi connectivity index (χ2v) is 7.36. The summed E-state index contributed by atoms with van der Waals surface area (Å²) < 4.78 is 19.9. The van der Waals surface area contributed by atoms with Crippen LogP contribution in [0.2, 0.25) is 0 Å². The molecule has 0 saturated carbocycles. The monoisotopic (exact) mass is 405 g/mol. The summed E-state index contributed by atoms with van der Waals surface area (Å²) in [4.78, 5) is 14.7. The van der Waals surface area contributed by atoms with E-state index in [9.17, 15) is 9.18 Å². The van der Waals surface area contributed by atoms with Crippen molar-refractivity contribution in [3.8, 4) is 5.75 Å². The van der Waals surface area contributed by atoms with E-state index in [1.165, 1.54) is 25.8 Å². The minimum absolute atomic E-state index is 0.275. The highest BCUT2D eigenvalue weighted by atomic mass is 19.1. The minimum atomic E-state index is -0.390. The molecule has 154 valence electrons. The molecule has 0 aromatic heterocycles. The lowest BCUT2D eigenvalue weighted by Crippen LogP contribution is -2.30. The smallest absolute Gasteiger partial charge is 0.275 e. The number of nitrogens with one attached hydrogen (secondary N) is 1. The molecule has 30 heavy (non-hydrogen) atoms. The number of hydrazone groups is 1. The topological polar surface area (TPSA) is 53.9 Å². The molecule has 3 aromatic carbocycles. The predicted octanol–water partition coefficient (Wildman–Crippen LogP) is 4.74. The predicted molar refractivity (Wildman–Crippen MR) is 118 cm³/mol. The van der Waals surface area contributed by atoms with Crippen molar-refractivity contribution in [1.29, 1.82) is 0 Å². The van der Waals surface area contributed by atoms with Gasteiger partial charge in [-0.3, -0.25) is 4.79 Å². The summed E-state index contributed by atoms with van der Waals surface area (Å²) in [7, 11) is 1.52. The van der Waals surface area contributed by atoms with E-state index in [4.69, 9.17) is 4.74 Å². The number of ether oxygens (including phenoxy) is 1. The molecule has 4 rings (SSSR count). The number of amides is 1. The van der Waals surface area contributed by atoms with Gasteiger partial charge in [-0.1, -0.05) is 30.3 Å². The zero-order chi connectivity index (χ0) is 20.9.